The van der Waals surface area contributed by atoms with E-state index in [0.29, 0.717) is 51.2 Å². The van der Waals surface area contributed by atoms with E-state index >= 15 is 0 Å². The van der Waals surface area contributed by atoms with Gasteiger partial charge in [-0.15, -0.1) is 15.3 Å². The summed E-state index contributed by atoms with van der Waals surface area (Å²) in [6, 6.07) is 39.2. The van der Waals surface area contributed by atoms with E-state index in [1.807, 2.05) is 121 Å². The van der Waals surface area contributed by atoms with Gasteiger partial charge in [-0.25, -0.2) is 4.68 Å². The van der Waals surface area contributed by atoms with Crippen LogP contribution in [0.4, 0.5) is 0 Å². The fourth-order valence-electron chi connectivity index (χ4n) is 4.47. The Morgan fingerprint density at radius 3 is 1.57 bits per heavy atom. The third-order valence-corrected chi connectivity index (χ3v) is 6.85. The SMILES string of the molecule is N[C@H](COCc1ccccc1)c1nnn(Cc2ccccc2)n1.N[C@H](COCc1ccccc1)c1nnnn1Cc1ccccc1. The molecule has 12 heteroatoms. The second kappa shape index (κ2) is 17.4. The summed E-state index contributed by atoms with van der Waals surface area (Å²) in [6.45, 7) is 2.93. The summed E-state index contributed by atoms with van der Waals surface area (Å²) in [7, 11) is 0. The van der Waals surface area contributed by atoms with Gasteiger partial charge in [0.15, 0.2) is 11.6 Å². The molecule has 6 rings (SSSR count). The van der Waals surface area contributed by atoms with Crippen molar-refractivity contribution in [2.24, 2.45) is 11.5 Å². The molecule has 4 aromatic carbocycles. The molecule has 4 N–H and O–H groups in total. The van der Waals surface area contributed by atoms with E-state index in [4.69, 9.17) is 20.9 Å². The summed E-state index contributed by atoms with van der Waals surface area (Å²) < 4.78 is 13.0. The number of nitrogens with zero attached hydrogens (tertiary/aromatic N) is 8. The summed E-state index contributed by atoms with van der Waals surface area (Å²) in [4.78, 5) is 1.54. The maximum atomic E-state index is 6.17. The van der Waals surface area contributed by atoms with Crippen LogP contribution < -0.4 is 11.5 Å². The lowest BCUT2D eigenvalue weighted by Gasteiger charge is -2.12. The Kier molecular flexibility index (Phi) is 12.2. The van der Waals surface area contributed by atoms with Gasteiger partial charge in [0.05, 0.1) is 51.6 Å². The van der Waals surface area contributed by atoms with Gasteiger partial charge in [-0.3, -0.25) is 0 Å². The molecular weight excluding hydrogens is 580 g/mol. The molecule has 0 aliphatic carbocycles. The minimum absolute atomic E-state index is 0.353. The molecule has 2 aromatic heterocycles. The number of hydrogen-bond acceptors (Lipinski definition) is 10. The average molecular weight is 619 g/mol. The molecule has 0 amide bonds. The van der Waals surface area contributed by atoms with Crippen LogP contribution in [0.1, 0.15) is 46.0 Å². The van der Waals surface area contributed by atoms with Crippen molar-refractivity contribution in [2.45, 2.75) is 38.4 Å². The van der Waals surface area contributed by atoms with Crippen molar-refractivity contribution in [3.63, 3.8) is 0 Å². The van der Waals surface area contributed by atoms with Crippen molar-refractivity contribution in [3.8, 4) is 0 Å². The summed E-state index contributed by atoms with van der Waals surface area (Å²) >= 11 is 0. The minimum atomic E-state index is -0.386. The predicted octanol–water partition coefficient (Wildman–Crippen LogP) is 3.88. The number of hydrogen-bond donors (Lipinski definition) is 2. The van der Waals surface area contributed by atoms with Crippen LogP contribution in [0.25, 0.3) is 0 Å². The largest absolute Gasteiger partial charge is 0.375 e. The molecule has 12 nitrogen and oxygen atoms in total. The van der Waals surface area contributed by atoms with Gasteiger partial charge >= 0.3 is 0 Å². The van der Waals surface area contributed by atoms with Gasteiger partial charge in [0, 0.05) is 0 Å². The molecule has 0 aliphatic heterocycles. The molecule has 2 heterocycles. The fraction of sp³-hybridized carbons (Fsp3) is 0.235. The second-order valence-electron chi connectivity index (χ2n) is 10.6. The van der Waals surface area contributed by atoms with Crippen molar-refractivity contribution in [1.82, 2.24) is 40.4 Å². The number of ether oxygens (including phenoxy) is 2. The molecule has 0 radical (unpaired) electrons. The Bertz CT molecular complexity index is 1680. The maximum Gasteiger partial charge on any atom is 0.193 e. The van der Waals surface area contributed by atoms with Crippen molar-refractivity contribution in [3.05, 3.63) is 155 Å². The molecule has 0 bridgehead atoms. The zero-order valence-electron chi connectivity index (χ0n) is 25.5. The van der Waals surface area contributed by atoms with Crippen LogP contribution in [0, 0.1) is 0 Å². The summed E-state index contributed by atoms with van der Waals surface area (Å²) in [6.07, 6.45) is 0. The minimum Gasteiger partial charge on any atom is -0.375 e. The molecular formula is C34H38N10O2. The highest BCUT2D eigenvalue weighted by Gasteiger charge is 2.16. The number of tetrazole rings is 2. The van der Waals surface area contributed by atoms with Crippen molar-refractivity contribution < 1.29 is 9.47 Å². The molecule has 2 atom stereocenters. The van der Waals surface area contributed by atoms with Gasteiger partial charge in [0.25, 0.3) is 0 Å². The van der Waals surface area contributed by atoms with Crippen LogP contribution >= 0.6 is 0 Å². The molecule has 0 unspecified atom stereocenters. The molecule has 236 valence electrons. The molecule has 0 saturated heterocycles. The molecule has 46 heavy (non-hydrogen) atoms. The quantitative estimate of drug-likeness (QED) is 0.184. The monoisotopic (exact) mass is 618 g/mol. The van der Waals surface area contributed by atoms with Crippen LogP contribution in [-0.4, -0.2) is 53.6 Å². The highest BCUT2D eigenvalue weighted by atomic mass is 16.5. The van der Waals surface area contributed by atoms with Crippen molar-refractivity contribution >= 4 is 0 Å². The van der Waals surface area contributed by atoms with E-state index in [1.165, 1.54) is 0 Å². The van der Waals surface area contributed by atoms with Gasteiger partial charge in [-0.05, 0) is 37.9 Å². The fourth-order valence-corrected chi connectivity index (χ4v) is 4.47. The maximum absolute atomic E-state index is 6.17. The number of benzene rings is 4. The Balaban J connectivity index is 0.000000181. The van der Waals surface area contributed by atoms with Crippen LogP contribution in [0.15, 0.2) is 121 Å². The van der Waals surface area contributed by atoms with E-state index in [2.05, 4.69) is 30.9 Å². The summed E-state index contributed by atoms with van der Waals surface area (Å²) in [5, 5.41) is 24.2. The van der Waals surface area contributed by atoms with E-state index in [1.54, 1.807) is 9.48 Å². The number of rotatable bonds is 14. The lowest BCUT2D eigenvalue weighted by molar-refractivity contribution is 0.105. The topological polar surface area (TPSA) is 158 Å². The Hall–Kier alpha value is -5.14. The summed E-state index contributed by atoms with van der Waals surface area (Å²) in [5.74, 6) is 1.12. The van der Waals surface area contributed by atoms with Crippen LogP contribution in [0.2, 0.25) is 0 Å². The van der Waals surface area contributed by atoms with Gasteiger partial charge in [-0.1, -0.05) is 121 Å². The Morgan fingerprint density at radius 1 is 0.543 bits per heavy atom. The van der Waals surface area contributed by atoms with Crippen molar-refractivity contribution in [2.75, 3.05) is 13.2 Å². The van der Waals surface area contributed by atoms with E-state index in [-0.39, 0.29) is 12.1 Å². The molecule has 0 spiro atoms. The zero-order chi connectivity index (χ0) is 31.8. The lowest BCUT2D eigenvalue weighted by Crippen LogP contribution is -2.22. The first-order chi connectivity index (χ1) is 22.6. The Labute approximate surface area is 268 Å². The van der Waals surface area contributed by atoms with Crippen molar-refractivity contribution in [1.29, 1.82) is 0 Å². The van der Waals surface area contributed by atoms with E-state index in [0.717, 1.165) is 22.3 Å². The third kappa shape index (κ3) is 10.2. The van der Waals surface area contributed by atoms with E-state index < -0.39 is 0 Å². The highest BCUT2D eigenvalue weighted by Crippen LogP contribution is 2.11. The number of aromatic nitrogens is 8. The number of nitrogens with two attached hydrogens (primary N) is 2. The zero-order valence-corrected chi connectivity index (χ0v) is 25.5. The van der Waals surface area contributed by atoms with Crippen LogP contribution in [-0.2, 0) is 35.8 Å². The van der Waals surface area contributed by atoms with Crippen LogP contribution in [0.5, 0.6) is 0 Å². The van der Waals surface area contributed by atoms with Gasteiger partial charge in [0.2, 0.25) is 0 Å². The van der Waals surface area contributed by atoms with Gasteiger partial charge < -0.3 is 20.9 Å². The van der Waals surface area contributed by atoms with E-state index in [9.17, 15) is 0 Å². The summed E-state index contributed by atoms with van der Waals surface area (Å²) in [5.41, 5.74) is 16.7. The van der Waals surface area contributed by atoms with Crippen LogP contribution in [0.3, 0.4) is 0 Å². The first kappa shape index (κ1) is 32.3. The van der Waals surface area contributed by atoms with Gasteiger partial charge in [-0.2, -0.15) is 4.80 Å². The lowest BCUT2D eigenvalue weighted by atomic mass is 10.2. The molecule has 0 fully saturated rings. The second-order valence-corrected chi connectivity index (χ2v) is 10.6. The predicted molar refractivity (Wildman–Crippen MR) is 173 cm³/mol. The Morgan fingerprint density at radius 2 is 1.02 bits per heavy atom. The first-order valence-corrected chi connectivity index (χ1v) is 15.0. The highest BCUT2D eigenvalue weighted by molar-refractivity contribution is 5.16. The standard InChI is InChI=1S/2C17H19N5O/c18-16(13-23-12-15-9-5-2-6-10-15)17-19-20-21-22(17)11-14-7-3-1-4-8-14;18-16(13-23-12-15-9-5-2-6-10-15)17-19-21-22(20-17)11-14-7-3-1-4-8-14/h2*1-10,16H,11-13,18H2/t2*16-/m11/s1. The van der Waals surface area contributed by atoms with Gasteiger partial charge in [0.1, 0.15) is 0 Å². The normalized spacial score (nSPS) is 12.2. The molecule has 0 aliphatic rings. The smallest absolute Gasteiger partial charge is 0.193 e. The average Bonchev–Trinajstić information content (AvgIpc) is 3.77. The molecule has 0 saturated carbocycles. The third-order valence-electron chi connectivity index (χ3n) is 6.85. The molecule has 6 aromatic rings. The first-order valence-electron chi connectivity index (χ1n) is 15.0.